The summed E-state index contributed by atoms with van der Waals surface area (Å²) in [6.07, 6.45) is 0.447. The third-order valence-corrected chi connectivity index (χ3v) is 5.88. The van der Waals surface area contributed by atoms with Gasteiger partial charge in [-0.25, -0.2) is 9.50 Å². The summed E-state index contributed by atoms with van der Waals surface area (Å²) in [6, 6.07) is 10.6. The number of amides is 1. The average Bonchev–Trinajstić information content (AvgIpc) is 3.35. The molecule has 0 saturated carbocycles. The molecular formula is C28H26F3N5O2. The van der Waals surface area contributed by atoms with Gasteiger partial charge in [-0.2, -0.15) is 18.3 Å². The Balaban J connectivity index is 1.54. The second-order valence-corrected chi connectivity index (χ2v) is 8.81. The highest BCUT2D eigenvalue weighted by Gasteiger charge is 2.34. The number of ether oxygens (including phenoxy) is 1. The number of alkyl halides is 3. The first-order chi connectivity index (χ1) is 18.1. The van der Waals surface area contributed by atoms with Crippen LogP contribution < -0.4 is 5.32 Å². The van der Waals surface area contributed by atoms with Crippen LogP contribution in [0.1, 0.15) is 38.2 Å². The van der Waals surface area contributed by atoms with Crippen molar-refractivity contribution in [1.82, 2.24) is 19.5 Å². The van der Waals surface area contributed by atoms with Crippen LogP contribution >= 0.6 is 0 Å². The fraction of sp³-hybridized carbons (Fsp3) is 0.250. The zero-order valence-electron chi connectivity index (χ0n) is 21.1. The molecule has 38 heavy (non-hydrogen) atoms. The lowest BCUT2D eigenvalue weighted by atomic mass is 10.0. The third-order valence-electron chi connectivity index (χ3n) is 5.88. The molecule has 2 aromatic carbocycles. The quantitative estimate of drug-likeness (QED) is 0.354. The maximum Gasteiger partial charge on any atom is 0.416 e. The highest BCUT2D eigenvalue weighted by atomic mass is 19.4. The van der Waals surface area contributed by atoms with Crippen LogP contribution in [-0.2, 0) is 17.5 Å². The van der Waals surface area contributed by atoms with E-state index >= 15 is 0 Å². The van der Waals surface area contributed by atoms with Crippen LogP contribution in [0.3, 0.4) is 0 Å². The molecule has 0 unspecified atom stereocenters. The first-order valence-electron chi connectivity index (χ1n) is 11.7. The number of anilines is 1. The molecule has 4 aromatic rings. The van der Waals surface area contributed by atoms with E-state index in [1.807, 2.05) is 6.92 Å². The predicted octanol–water partition coefficient (Wildman–Crippen LogP) is 4.79. The van der Waals surface area contributed by atoms with Crippen molar-refractivity contribution >= 4 is 17.2 Å². The number of nitrogens with one attached hydrogen (secondary N) is 1. The summed E-state index contributed by atoms with van der Waals surface area (Å²) in [6.45, 7) is 2.85. The van der Waals surface area contributed by atoms with Gasteiger partial charge in [0.2, 0.25) is 0 Å². The van der Waals surface area contributed by atoms with Crippen molar-refractivity contribution in [3.05, 3.63) is 94.4 Å². The van der Waals surface area contributed by atoms with E-state index in [9.17, 15) is 18.0 Å². The number of carbonyl (C=O) groups is 1. The molecule has 10 heteroatoms. The number of hydrogen-bond donors (Lipinski definition) is 1. The minimum absolute atomic E-state index is 0.0532. The van der Waals surface area contributed by atoms with Gasteiger partial charge in [-0.05, 0) is 49.4 Å². The van der Waals surface area contributed by atoms with Gasteiger partial charge in [0.25, 0.3) is 5.91 Å². The van der Waals surface area contributed by atoms with Crippen molar-refractivity contribution in [1.29, 1.82) is 0 Å². The average molecular weight is 522 g/mol. The Labute approximate surface area is 218 Å². The number of nitrogens with zero attached hydrogens (tertiary/aromatic N) is 4. The topological polar surface area (TPSA) is 71.8 Å². The molecule has 1 N–H and O–H groups in total. The minimum Gasteiger partial charge on any atom is -0.383 e. The Hall–Kier alpha value is -4.20. The largest absolute Gasteiger partial charge is 0.416 e. The number of carbonyl (C=O) groups excluding carboxylic acids is 1. The van der Waals surface area contributed by atoms with Crippen LogP contribution in [0.5, 0.6) is 0 Å². The predicted molar refractivity (Wildman–Crippen MR) is 138 cm³/mol. The van der Waals surface area contributed by atoms with E-state index in [-0.39, 0.29) is 23.4 Å². The summed E-state index contributed by atoms with van der Waals surface area (Å²) in [4.78, 5) is 18.9. The SMILES string of the molecule is COCCN(C)Cc1ccc(NC(=O)c2ccc(C)c(C#Cc3cnc4ccnn4c3)c2)cc1C(F)(F)F. The van der Waals surface area contributed by atoms with Crippen molar-refractivity contribution in [3.8, 4) is 11.8 Å². The summed E-state index contributed by atoms with van der Waals surface area (Å²) in [5.74, 6) is 5.52. The van der Waals surface area contributed by atoms with Gasteiger partial charge in [-0.15, -0.1) is 0 Å². The summed E-state index contributed by atoms with van der Waals surface area (Å²) >= 11 is 0. The molecule has 0 spiro atoms. The van der Waals surface area contributed by atoms with Gasteiger partial charge in [0.15, 0.2) is 5.65 Å². The van der Waals surface area contributed by atoms with E-state index in [0.29, 0.717) is 29.9 Å². The van der Waals surface area contributed by atoms with Crippen molar-refractivity contribution in [2.75, 3.05) is 32.6 Å². The van der Waals surface area contributed by atoms with E-state index in [2.05, 4.69) is 27.2 Å². The number of fused-ring (bicyclic) bond motifs is 1. The van der Waals surface area contributed by atoms with Gasteiger partial charge < -0.3 is 10.1 Å². The smallest absolute Gasteiger partial charge is 0.383 e. The molecule has 7 nitrogen and oxygen atoms in total. The number of hydrogen-bond acceptors (Lipinski definition) is 5. The van der Waals surface area contributed by atoms with Crippen molar-refractivity contribution in [2.45, 2.75) is 19.6 Å². The minimum atomic E-state index is -4.57. The van der Waals surface area contributed by atoms with Gasteiger partial charge >= 0.3 is 6.18 Å². The second kappa shape index (κ2) is 11.5. The zero-order valence-corrected chi connectivity index (χ0v) is 21.1. The Kier molecular flexibility index (Phi) is 8.10. The van der Waals surface area contributed by atoms with E-state index < -0.39 is 17.6 Å². The number of rotatable bonds is 7. The molecule has 0 bridgehead atoms. The standard InChI is InChI=1S/C28H26F3N5O2/c1-19-4-6-22(14-21(19)7-5-20-16-32-26-10-11-33-36(26)17-20)27(37)34-24-9-8-23(18-35(2)12-13-38-3)25(15-24)28(29,30)31/h4,6,8-11,14-17H,12-13,18H2,1-3H3,(H,34,37). The fourth-order valence-electron chi connectivity index (χ4n) is 3.79. The van der Waals surface area contributed by atoms with Crippen LogP contribution in [0, 0.1) is 18.8 Å². The van der Waals surface area contributed by atoms with E-state index in [1.165, 1.54) is 19.2 Å². The molecule has 0 aliphatic rings. The Morgan fingerprint density at radius 3 is 2.74 bits per heavy atom. The van der Waals surface area contributed by atoms with Gasteiger partial charge in [-0.1, -0.05) is 24.0 Å². The van der Waals surface area contributed by atoms with Crippen LogP contribution in [-0.4, -0.2) is 52.7 Å². The van der Waals surface area contributed by atoms with Crippen molar-refractivity contribution in [2.24, 2.45) is 0 Å². The maximum absolute atomic E-state index is 13.8. The van der Waals surface area contributed by atoms with Crippen LogP contribution in [0.15, 0.2) is 61.1 Å². The molecule has 0 saturated heterocycles. The second-order valence-electron chi connectivity index (χ2n) is 8.81. The third kappa shape index (κ3) is 6.56. The molecule has 0 atom stereocenters. The fourth-order valence-corrected chi connectivity index (χ4v) is 3.79. The lowest BCUT2D eigenvalue weighted by molar-refractivity contribution is -0.138. The Morgan fingerprint density at radius 2 is 1.97 bits per heavy atom. The number of methoxy groups -OCH3 is 1. The van der Waals surface area contributed by atoms with Crippen molar-refractivity contribution < 1.29 is 22.7 Å². The first-order valence-corrected chi connectivity index (χ1v) is 11.7. The molecule has 0 aliphatic heterocycles. The summed E-state index contributed by atoms with van der Waals surface area (Å²) in [7, 11) is 3.26. The van der Waals surface area contributed by atoms with E-state index in [4.69, 9.17) is 4.74 Å². The molecule has 196 valence electrons. The molecule has 0 radical (unpaired) electrons. The van der Waals surface area contributed by atoms with E-state index in [0.717, 1.165) is 11.6 Å². The molecular weight excluding hydrogens is 495 g/mol. The normalized spacial score (nSPS) is 11.4. The van der Waals surface area contributed by atoms with E-state index in [1.54, 1.807) is 59.3 Å². The van der Waals surface area contributed by atoms with Gasteiger partial charge in [-0.3, -0.25) is 9.69 Å². The molecule has 0 fully saturated rings. The number of halogens is 3. The Morgan fingerprint density at radius 1 is 1.16 bits per heavy atom. The first kappa shape index (κ1) is 26.9. The number of aryl methyl sites for hydroxylation is 1. The summed E-state index contributed by atoms with van der Waals surface area (Å²) in [5, 5.41) is 6.72. The van der Waals surface area contributed by atoms with Crippen LogP contribution in [0.25, 0.3) is 5.65 Å². The maximum atomic E-state index is 13.8. The van der Waals surface area contributed by atoms with Gasteiger partial charge in [0.05, 0.1) is 23.9 Å². The lowest BCUT2D eigenvalue weighted by Gasteiger charge is -2.20. The zero-order chi connectivity index (χ0) is 27.3. The molecule has 0 aliphatic carbocycles. The van der Waals surface area contributed by atoms with Crippen molar-refractivity contribution in [3.63, 3.8) is 0 Å². The monoisotopic (exact) mass is 521 g/mol. The highest BCUT2D eigenvalue weighted by Crippen LogP contribution is 2.34. The number of aromatic nitrogens is 3. The highest BCUT2D eigenvalue weighted by molar-refractivity contribution is 6.04. The van der Waals surface area contributed by atoms with Gasteiger partial charge in [0.1, 0.15) is 0 Å². The Bertz CT molecular complexity index is 1520. The van der Waals surface area contributed by atoms with Crippen LogP contribution in [0.4, 0.5) is 18.9 Å². The lowest BCUT2D eigenvalue weighted by Crippen LogP contribution is -2.24. The number of likely N-dealkylation sites (N-methyl/N-ethyl adjacent to an activating group) is 1. The molecule has 2 aromatic heterocycles. The molecule has 4 rings (SSSR count). The van der Waals surface area contributed by atoms with Gasteiger partial charge in [0, 0.05) is 55.5 Å². The molecule has 1 amide bonds. The number of benzene rings is 2. The molecule has 2 heterocycles. The summed E-state index contributed by atoms with van der Waals surface area (Å²) in [5.41, 5.74) is 2.46. The summed E-state index contributed by atoms with van der Waals surface area (Å²) < 4.78 is 48.0. The van der Waals surface area contributed by atoms with Crippen LogP contribution in [0.2, 0.25) is 0 Å².